The zero-order valence-corrected chi connectivity index (χ0v) is 16.0. The van der Waals surface area contributed by atoms with Crippen molar-refractivity contribution < 1.29 is 27.2 Å². The fraction of sp³-hybridized carbons (Fsp3) is 0.368. The van der Waals surface area contributed by atoms with Crippen LogP contribution in [0.2, 0.25) is 0 Å². The summed E-state index contributed by atoms with van der Waals surface area (Å²) in [5.74, 6) is 1.42. The van der Waals surface area contributed by atoms with Gasteiger partial charge in [-0.25, -0.2) is 0 Å². The molecule has 0 radical (unpaired) electrons. The zero-order valence-electron chi connectivity index (χ0n) is 15.2. The number of hydrogen-bond donors (Lipinski definition) is 2. The molecular formula is C19H21F3N2O3S. The Morgan fingerprint density at radius 2 is 1.82 bits per heavy atom. The van der Waals surface area contributed by atoms with E-state index < -0.39 is 23.6 Å². The van der Waals surface area contributed by atoms with Crippen molar-refractivity contribution in [2.45, 2.75) is 24.9 Å². The highest BCUT2D eigenvalue weighted by molar-refractivity contribution is 7.88. The van der Waals surface area contributed by atoms with E-state index in [1.165, 1.54) is 18.4 Å². The molecule has 152 valence electrons. The molecule has 5 nitrogen and oxygen atoms in total. The van der Waals surface area contributed by atoms with Crippen molar-refractivity contribution in [1.82, 2.24) is 10.0 Å². The van der Waals surface area contributed by atoms with Gasteiger partial charge in [-0.1, -0.05) is 36.4 Å². The normalized spacial score (nSPS) is 18.5. The molecule has 3 rings (SSSR count). The molecule has 0 bridgehead atoms. The van der Waals surface area contributed by atoms with Crippen LogP contribution in [0.5, 0.6) is 11.5 Å². The molecule has 0 fully saturated rings. The lowest BCUT2D eigenvalue weighted by Crippen LogP contribution is -2.38. The second-order valence-electron chi connectivity index (χ2n) is 6.42. The summed E-state index contributed by atoms with van der Waals surface area (Å²) in [6.07, 6.45) is -3.50. The van der Waals surface area contributed by atoms with Crippen LogP contribution in [0.25, 0.3) is 0 Å². The Hall–Kier alpha value is -1.94. The van der Waals surface area contributed by atoms with Crippen molar-refractivity contribution in [1.29, 1.82) is 0 Å². The molecule has 2 unspecified atom stereocenters. The molecule has 1 heterocycles. The van der Waals surface area contributed by atoms with Crippen LogP contribution >= 0.6 is 0 Å². The number of alkyl halides is 3. The number of benzene rings is 2. The third-order valence-electron chi connectivity index (χ3n) is 4.19. The molecule has 0 amide bonds. The fourth-order valence-corrected chi connectivity index (χ4v) is 3.46. The Balaban J connectivity index is 1.52. The van der Waals surface area contributed by atoms with Crippen molar-refractivity contribution in [2.24, 2.45) is 0 Å². The largest absolute Gasteiger partial charge is 0.598 e. The van der Waals surface area contributed by atoms with Gasteiger partial charge in [-0.3, -0.25) is 0 Å². The van der Waals surface area contributed by atoms with E-state index in [-0.39, 0.29) is 11.7 Å². The van der Waals surface area contributed by atoms with Gasteiger partial charge in [0.2, 0.25) is 0 Å². The zero-order chi connectivity index (χ0) is 20.1. The van der Waals surface area contributed by atoms with Crippen LogP contribution in [-0.4, -0.2) is 36.2 Å². The van der Waals surface area contributed by atoms with Crippen LogP contribution in [0.3, 0.4) is 0 Å². The van der Waals surface area contributed by atoms with Gasteiger partial charge in [-0.15, -0.1) is 4.72 Å². The molecule has 3 atom stereocenters. The summed E-state index contributed by atoms with van der Waals surface area (Å²) in [4.78, 5) is 0. The van der Waals surface area contributed by atoms with Crippen molar-refractivity contribution in [3.63, 3.8) is 0 Å². The lowest BCUT2D eigenvalue weighted by Gasteiger charge is -2.26. The number of fused-ring (bicyclic) bond motifs is 1. The van der Waals surface area contributed by atoms with E-state index in [0.29, 0.717) is 25.4 Å². The van der Waals surface area contributed by atoms with Crippen LogP contribution in [0.4, 0.5) is 13.2 Å². The van der Waals surface area contributed by atoms with Crippen LogP contribution in [0.1, 0.15) is 17.2 Å². The first-order valence-corrected chi connectivity index (χ1v) is 10.2. The van der Waals surface area contributed by atoms with Gasteiger partial charge in [-0.2, -0.15) is 13.2 Å². The highest BCUT2D eigenvalue weighted by atomic mass is 32.2. The first-order chi connectivity index (χ1) is 13.3. The van der Waals surface area contributed by atoms with Gasteiger partial charge in [0.1, 0.15) is 19.0 Å². The molecule has 0 saturated carbocycles. The molecule has 0 spiro atoms. The van der Waals surface area contributed by atoms with E-state index >= 15 is 0 Å². The van der Waals surface area contributed by atoms with Gasteiger partial charge in [0.15, 0.2) is 17.5 Å². The molecule has 28 heavy (non-hydrogen) atoms. The third kappa shape index (κ3) is 5.54. The minimum absolute atomic E-state index is 0.0204. The average Bonchev–Trinajstić information content (AvgIpc) is 2.66. The monoisotopic (exact) mass is 414 g/mol. The van der Waals surface area contributed by atoms with Crippen molar-refractivity contribution in [2.75, 3.05) is 19.4 Å². The summed E-state index contributed by atoms with van der Waals surface area (Å²) >= 11 is -1.78. The summed E-state index contributed by atoms with van der Waals surface area (Å²) in [7, 11) is 0. The van der Waals surface area contributed by atoms with E-state index in [9.17, 15) is 17.7 Å². The summed E-state index contributed by atoms with van der Waals surface area (Å²) in [5.41, 5.74) is 0.853. The van der Waals surface area contributed by atoms with E-state index in [2.05, 4.69) is 10.0 Å². The van der Waals surface area contributed by atoms with Gasteiger partial charge < -0.3 is 19.3 Å². The molecule has 2 N–H and O–H groups in total. The molecule has 2 aromatic carbocycles. The predicted octanol–water partition coefficient (Wildman–Crippen LogP) is 3.10. The molecule has 0 aliphatic carbocycles. The molecule has 1 aliphatic heterocycles. The highest BCUT2D eigenvalue weighted by Crippen LogP contribution is 2.33. The molecule has 1 aliphatic rings. The van der Waals surface area contributed by atoms with E-state index in [1.54, 1.807) is 12.1 Å². The summed E-state index contributed by atoms with van der Waals surface area (Å²) < 4.78 is 64.2. The van der Waals surface area contributed by atoms with Crippen LogP contribution in [0, 0.1) is 0 Å². The van der Waals surface area contributed by atoms with Crippen molar-refractivity contribution >= 4 is 11.4 Å². The van der Waals surface area contributed by atoms with Crippen LogP contribution in [-0.2, 0) is 17.9 Å². The lowest BCUT2D eigenvalue weighted by molar-refractivity contribution is -0.153. The summed E-state index contributed by atoms with van der Waals surface area (Å²) in [6, 6.07) is 11.5. The maximum atomic E-state index is 13.1. The second-order valence-corrected chi connectivity index (χ2v) is 7.56. The Morgan fingerprint density at radius 3 is 2.46 bits per heavy atom. The fourth-order valence-electron chi connectivity index (χ4n) is 2.86. The van der Waals surface area contributed by atoms with Gasteiger partial charge in [0.25, 0.3) is 0 Å². The SMILES string of the molecule is C[S+]([O-])N[C@@H](c1ccc(CNCC2COc3ccccc3O2)cc1)C(F)(F)F. The summed E-state index contributed by atoms with van der Waals surface area (Å²) in [6.45, 7) is 1.44. The average molecular weight is 414 g/mol. The third-order valence-corrected chi connectivity index (χ3v) is 4.76. The number of nitrogens with one attached hydrogen (secondary N) is 2. The van der Waals surface area contributed by atoms with Gasteiger partial charge >= 0.3 is 6.18 Å². The smallest absolute Gasteiger partial charge is 0.412 e. The summed E-state index contributed by atoms with van der Waals surface area (Å²) in [5, 5.41) is 3.22. The van der Waals surface area contributed by atoms with Gasteiger partial charge in [-0.05, 0) is 23.3 Å². The van der Waals surface area contributed by atoms with Gasteiger partial charge in [0.05, 0.1) is 0 Å². The van der Waals surface area contributed by atoms with Crippen LogP contribution < -0.4 is 19.5 Å². The minimum Gasteiger partial charge on any atom is -0.598 e. The van der Waals surface area contributed by atoms with E-state index in [4.69, 9.17) is 9.47 Å². The number of rotatable bonds is 7. The molecule has 0 saturated heterocycles. The standard InChI is InChI=1S/C19H21F3N2O3S/c1-28(25)24-18(19(20,21)22)14-8-6-13(7-9-14)10-23-11-15-12-26-16-4-2-3-5-17(16)27-15/h2-9,15,18,23-24H,10-12H2,1H3/t15?,18-,28?/m0/s1. The first-order valence-electron chi connectivity index (χ1n) is 8.67. The molecular weight excluding hydrogens is 393 g/mol. The number of halogens is 3. The number of ether oxygens (including phenoxy) is 2. The maximum absolute atomic E-state index is 13.1. The van der Waals surface area contributed by atoms with Crippen molar-refractivity contribution in [3.05, 3.63) is 59.7 Å². The number of para-hydroxylation sites is 2. The number of hydrogen-bond acceptors (Lipinski definition) is 5. The van der Waals surface area contributed by atoms with Crippen LogP contribution in [0.15, 0.2) is 48.5 Å². The van der Waals surface area contributed by atoms with Gasteiger partial charge in [0, 0.05) is 24.5 Å². The Morgan fingerprint density at radius 1 is 1.14 bits per heavy atom. The Bertz CT molecular complexity index is 772. The highest BCUT2D eigenvalue weighted by Gasteiger charge is 2.43. The maximum Gasteiger partial charge on any atom is 0.412 e. The van der Waals surface area contributed by atoms with E-state index in [1.807, 2.05) is 24.3 Å². The van der Waals surface area contributed by atoms with E-state index in [0.717, 1.165) is 11.3 Å². The first kappa shape index (κ1) is 20.8. The predicted molar refractivity (Wildman–Crippen MR) is 100 cm³/mol. The Kier molecular flexibility index (Phi) is 6.71. The lowest BCUT2D eigenvalue weighted by atomic mass is 10.1. The molecule has 2 aromatic rings. The molecule has 9 heteroatoms. The molecule has 0 aromatic heterocycles. The second kappa shape index (κ2) is 9.04. The quantitative estimate of drug-likeness (QED) is 0.682. The Labute approximate surface area is 164 Å². The minimum atomic E-state index is -4.53. The van der Waals surface area contributed by atoms with Crippen molar-refractivity contribution in [3.8, 4) is 11.5 Å². The topological polar surface area (TPSA) is 65.6 Å².